The third-order valence-corrected chi connectivity index (χ3v) is 6.23. The lowest BCUT2D eigenvalue weighted by molar-refractivity contribution is 0.0641. The maximum absolute atomic E-state index is 13.2. The molecule has 5 heteroatoms. The molecule has 1 aliphatic carbocycles. The van der Waals surface area contributed by atoms with Gasteiger partial charge >= 0.3 is 0 Å². The van der Waals surface area contributed by atoms with E-state index in [4.69, 9.17) is 4.98 Å². The lowest BCUT2D eigenvalue weighted by Crippen LogP contribution is -2.41. The summed E-state index contributed by atoms with van der Waals surface area (Å²) in [6, 6.07) is 8.75. The van der Waals surface area contributed by atoms with E-state index in [1.165, 1.54) is 36.2 Å². The van der Waals surface area contributed by atoms with Gasteiger partial charge in [-0.25, -0.2) is 4.98 Å². The molecule has 1 aromatic carbocycles. The van der Waals surface area contributed by atoms with Crippen molar-refractivity contribution < 1.29 is 4.79 Å². The number of aryl methyl sites for hydroxylation is 1. The van der Waals surface area contributed by atoms with E-state index in [0.29, 0.717) is 6.04 Å². The van der Waals surface area contributed by atoms with Crippen molar-refractivity contribution in [3.63, 3.8) is 0 Å². The highest BCUT2D eigenvalue weighted by Crippen LogP contribution is 2.27. The zero-order valence-electron chi connectivity index (χ0n) is 15.4. The highest BCUT2D eigenvalue weighted by atomic mass is 32.1. The van der Waals surface area contributed by atoms with Gasteiger partial charge in [0, 0.05) is 29.7 Å². The molecule has 1 saturated carbocycles. The SMILES string of the molecule is CCN(C(=O)c1csc2nc(-c3ccc(C)cc3)cn12)C1CCCCC1. The second-order valence-corrected chi connectivity index (χ2v) is 7.99. The Bertz CT molecular complexity index is 903. The normalized spacial score (nSPS) is 15.5. The Morgan fingerprint density at radius 1 is 1.23 bits per heavy atom. The zero-order valence-corrected chi connectivity index (χ0v) is 16.3. The fourth-order valence-corrected chi connectivity index (χ4v) is 4.76. The molecule has 0 bridgehead atoms. The van der Waals surface area contributed by atoms with Gasteiger partial charge in [-0.15, -0.1) is 11.3 Å². The van der Waals surface area contributed by atoms with Crippen LogP contribution in [-0.2, 0) is 0 Å². The number of thiazole rings is 1. The summed E-state index contributed by atoms with van der Waals surface area (Å²) in [7, 11) is 0. The van der Waals surface area contributed by atoms with Crippen molar-refractivity contribution in [1.29, 1.82) is 0 Å². The fourth-order valence-electron chi connectivity index (χ4n) is 3.91. The predicted octanol–water partition coefficient (Wildman–Crippen LogP) is 5.17. The number of amides is 1. The highest BCUT2D eigenvalue weighted by molar-refractivity contribution is 7.15. The summed E-state index contributed by atoms with van der Waals surface area (Å²) < 4.78 is 1.97. The van der Waals surface area contributed by atoms with Gasteiger partial charge < -0.3 is 4.90 Å². The van der Waals surface area contributed by atoms with Crippen molar-refractivity contribution in [3.8, 4) is 11.3 Å². The van der Waals surface area contributed by atoms with Gasteiger partial charge in [-0.2, -0.15) is 0 Å². The van der Waals surface area contributed by atoms with E-state index in [9.17, 15) is 4.79 Å². The average molecular weight is 368 g/mol. The maximum Gasteiger partial charge on any atom is 0.271 e. The van der Waals surface area contributed by atoms with E-state index in [-0.39, 0.29) is 5.91 Å². The molecule has 1 aliphatic rings. The van der Waals surface area contributed by atoms with Crippen LogP contribution < -0.4 is 0 Å². The fraction of sp³-hybridized carbons (Fsp3) is 0.429. The Morgan fingerprint density at radius 3 is 2.65 bits per heavy atom. The Hall–Kier alpha value is -2.14. The molecule has 0 spiro atoms. The third-order valence-electron chi connectivity index (χ3n) is 5.39. The van der Waals surface area contributed by atoms with Crippen LogP contribution in [0.2, 0.25) is 0 Å². The van der Waals surface area contributed by atoms with Gasteiger partial charge in [0.1, 0.15) is 5.69 Å². The number of hydrogen-bond acceptors (Lipinski definition) is 3. The van der Waals surface area contributed by atoms with Gasteiger partial charge in [0.25, 0.3) is 5.91 Å². The molecule has 1 amide bonds. The minimum absolute atomic E-state index is 0.138. The lowest BCUT2D eigenvalue weighted by Gasteiger charge is -2.33. The quantitative estimate of drug-likeness (QED) is 0.638. The molecule has 2 aromatic heterocycles. The summed E-state index contributed by atoms with van der Waals surface area (Å²) in [6.45, 7) is 4.93. The Labute approximate surface area is 158 Å². The molecule has 2 heterocycles. The van der Waals surface area contributed by atoms with Crippen LogP contribution in [0.3, 0.4) is 0 Å². The number of carbonyl (C=O) groups is 1. The summed E-state index contributed by atoms with van der Waals surface area (Å²) in [5, 5.41) is 1.95. The van der Waals surface area contributed by atoms with Crippen LogP contribution in [0.1, 0.15) is 55.1 Å². The van der Waals surface area contributed by atoms with Crippen LogP contribution in [0.5, 0.6) is 0 Å². The molecule has 0 aliphatic heterocycles. The van der Waals surface area contributed by atoms with Crippen molar-refractivity contribution >= 4 is 22.2 Å². The van der Waals surface area contributed by atoms with Crippen LogP contribution in [0.4, 0.5) is 0 Å². The minimum atomic E-state index is 0.138. The van der Waals surface area contributed by atoms with Gasteiger partial charge in [-0.05, 0) is 26.7 Å². The molecule has 4 rings (SSSR count). The molecule has 0 N–H and O–H groups in total. The first-order valence-corrected chi connectivity index (χ1v) is 10.4. The Kier molecular flexibility index (Phi) is 4.81. The molecular formula is C21H25N3OS. The molecule has 0 unspecified atom stereocenters. The molecule has 1 fully saturated rings. The van der Waals surface area contributed by atoms with Crippen LogP contribution in [0.15, 0.2) is 35.8 Å². The molecule has 4 nitrogen and oxygen atoms in total. The molecule has 3 aromatic rings. The zero-order chi connectivity index (χ0) is 18.1. The van der Waals surface area contributed by atoms with E-state index in [0.717, 1.165) is 41.3 Å². The topological polar surface area (TPSA) is 37.6 Å². The van der Waals surface area contributed by atoms with E-state index in [2.05, 4.69) is 43.0 Å². The number of nitrogens with zero attached hydrogens (tertiary/aromatic N) is 3. The van der Waals surface area contributed by atoms with Gasteiger partial charge in [0.2, 0.25) is 0 Å². The Morgan fingerprint density at radius 2 is 1.96 bits per heavy atom. The molecule has 136 valence electrons. The number of fused-ring (bicyclic) bond motifs is 1. The highest BCUT2D eigenvalue weighted by Gasteiger charge is 2.27. The van der Waals surface area contributed by atoms with Crippen LogP contribution in [0, 0.1) is 6.92 Å². The first-order chi connectivity index (χ1) is 12.7. The summed E-state index contributed by atoms with van der Waals surface area (Å²) in [5.41, 5.74) is 3.98. The minimum Gasteiger partial charge on any atom is -0.335 e. The number of imidazole rings is 1. The van der Waals surface area contributed by atoms with E-state index >= 15 is 0 Å². The standard InChI is InChI=1S/C21H25N3OS/c1-3-23(17-7-5-4-6-8-17)20(25)19-14-26-21-22-18(13-24(19)21)16-11-9-15(2)10-12-16/h9-14,17H,3-8H2,1-2H3. The molecule has 26 heavy (non-hydrogen) atoms. The van der Waals surface area contributed by atoms with E-state index in [1.807, 2.05) is 16.0 Å². The van der Waals surface area contributed by atoms with E-state index in [1.54, 1.807) is 0 Å². The molecule has 0 saturated heterocycles. The first-order valence-electron chi connectivity index (χ1n) is 9.52. The van der Waals surface area contributed by atoms with Gasteiger partial charge in [-0.3, -0.25) is 9.20 Å². The van der Waals surface area contributed by atoms with Crippen LogP contribution in [0.25, 0.3) is 16.2 Å². The van der Waals surface area contributed by atoms with Gasteiger partial charge in [-0.1, -0.05) is 49.1 Å². The number of hydrogen-bond donors (Lipinski definition) is 0. The van der Waals surface area contributed by atoms with Crippen molar-refractivity contribution in [2.75, 3.05) is 6.54 Å². The lowest BCUT2D eigenvalue weighted by atomic mass is 9.94. The summed E-state index contributed by atoms with van der Waals surface area (Å²) in [5.74, 6) is 0.138. The van der Waals surface area contributed by atoms with Gasteiger partial charge in [0.05, 0.1) is 5.69 Å². The summed E-state index contributed by atoms with van der Waals surface area (Å²) in [4.78, 5) is 20.9. The molecule has 0 radical (unpaired) electrons. The number of rotatable bonds is 4. The van der Waals surface area contributed by atoms with Crippen molar-refractivity contribution in [1.82, 2.24) is 14.3 Å². The largest absolute Gasteiger partial charge is 0.335 e. The molecule has 0 atom stereocenters. The van der Waals surface area contributed by atoms with Crippen molar-refractivity contribution in [3.05, 3.63) is 47.1 Å². The smallest absolute Gasteiger partial charge is 0.271 e. The first kappa shape index (κ1) is 17.3. The third kappa shape index (κ3) is 3.16. The number of aromatic nitrogens is 2. The number of benzene rings is 1. The molecular weight excluding hydrogens is 342 g/mol. The predicted molar refractivity (Wildman–Crippen MR) is 107 cm³/mol. The van der Waals surface area contributed by atoms with Crippen LogP contribution >= 0.6 is 11.3 Å². The Balaban J connectivity index is 1.65. The van der Waals surface area contributed by atoms with Crippen LogP contribution in [-0.4, -0.2) is 32.8 Å². The van der Waals surface area contributed by atoms with E-state index < -0.39 is 0 Å². The monoisotopic (exact) mass is 367 g/mol. The van der Waals surface area contributed by atoms with Crippen molar-refractivity contribution in [2.24, 2.45) is 0 Å². The van der Waals surface area contributed by atoms with Gasteiger partial charge in [0.15, 0.2) is 4.96 Å². The second-order valence-electron chi connectivity index (χ2n) is 7.15. The second kappa shape index (κ2) is 7.23. The summed E-state index contributed by atoms with van der Waals surface area (Å²) in [6.07, 6.45) is 8.02. The summed E-state index contributed by atoms with van der Waals surface area (Å²) >= 11 is 1.54. The average Bonchev–Trinajstić information content (AvgIpc) is 3.24. The number of carbonyl (C=O) groups excluding carboxylic acids is 1. The maximum atomic E-state index is 13.2. The van der Waals surface area contributed by atoms with Crippen molar-refractivity contribution in [2.45, 2.75) is 52.0 Å².